The highest BCUT2D eigenvalue weighted by atomic mass is 31.2. The molecule has 0 spiro atoms. The normalized spacial score (nSPS) is 18.7. The van der Waals surface area contributed by atoms with Gasteiger partial charge in [0.25, 0.3) is 8.53 Å². The molecule has 396 valence electrons. The van der Waals surface area contributed by atoms with Gasteiger partial charge in [0.05, 0.1) is 52.9 Å². The van der Waals surface area contributed by atoms with E-state index in [1.165, 1.54) is 22.5 Å². The van der Waals surface area contributed by atoms with Crippen LogP contribution in [0.3, 0.4) is 0 Å². The van der Waals surface area contributed by atoms with Gasteiger partial charge in [-0.1, -0.05) is 109 Å². The molecule has 7 aromatic carbocycles. The van der Waals surface area contributed by atoms with Crippen molar-refractivity contribution in [1.82, 2.24) is 29.1 Å². The number of ether oxygens (including phenoxy) is 5. The highest BCUT2D eigenvalue weighted by Crippen LogP contribution is 2.57. The fourth-order valence-electron chi connectivity index (χ4n) is 11.0. The first-order valence-electron chi connectivity index (χ1n) is 26.1. The van der Waals surface area contributed by atoms with Crippen molar-refractivity contribution in [3.8, 4) is 29.4 Å². The van der Waals surface area contributed by atoms with E-state index in [0.29, 0.717) is 34.3 Å². The molecule has 2 bridgehead atoms. The van der Waals surface area contributed by atoms with Crippen LogP contribution in [0.25, 0.3) is 43.5 Å². The van der Waals surface area contributed by atoms with Crippen molar-refractivity contribution in [3.05, 3.63) is 168 Å². The minimum Gasteiger partial charge on any atom is -0.497 e. The molecule has 16 heteroatoms. The van der Waals surface area contributed by atoms with Crippen molar-refractivity contribution in [2.75, 3.05) is 48.1 Å². The van der Waals surface area contributed by atoms with Crippen LogP contribution in [-0.2, 0) is 28.9 Å². The first kappa shape index (κ1) is 52.5. The molecule has 5 atom stereocenters. The maximum atomic E-state index is 9.72. The molecule has 4 heterocycles. The molecule has 1 unspecified atom stereocenters. The number of nitriles is 1. The highest BCUT2D eigenvalue weighted by Gasteiger charge is 2.65. The van der Waals surface area contributed by atoms with Crippen LogP contribution in [0, 0.1) is 23.2 Å². The summed E-state index contributed by atoms with van der Waals surface area (Å²) >= 11 is 0. The van der Waals surface area contributed by atoms with E-state index in [1.54, 1.807) is 20.6 Å². The van der Waals surface area contributed by atoms with Crippen LogP contribution in [0.2, 0.25) is 0 Å². The smallest absolute Gasteiger partial charge is 0.259 e. The van der Waals surface area contributed by atoms with E-state index >= 15 is 0 Å². The molecule has 0 radical (unpaired) electrons. The molecule has 78 heavy (non-hydrogen) atoms. The Bertz CT molecular complexity index is 3650. The van der Waals surface area contributed by atoms with Crippen LogP contribution < -0.4 is 9.47 Å². The van der Waals surface area contributed by atoms with Crippen molar-refractivity contribution >= 4 is 64.2 Å². The van der Waals surface area contributed by atoms with Gasteiger partial charge < -0.3 is 37.6 Å². The standard InChI is InChI=1S/C62H61N8O7P/c1-40(2)70(41(3)4)78(75-35-13-34-63)77-57-56-60(76-61(57,36-73-56)37-74-62(46-16-10-9-11-17-46,47-24-28-49(71-7)29-25-47)48-26-30-50(72-8)31-27-48)69-52(67-55-58(66-39-68(5)6)64-38-65-59(55)69)33-23-42-18-19-45-21-20-43-14-12-15-44-22-32-51(42)54(45)53(43)44/h9-12,14-22,24-32,38-41,56-57,60H,13,35-37H2,1-8H3/b66-39+/t56-,57+,60-,61-,78?/m1/s1. The average Bonchev–Trinajstić information content (AvgIpc) is 4.12. The van der Waals surface area contributed by atoms with Gasteiger partial charge in [0.2, 0.25) is 0 Å². The van der Waals surface area contributed by atoms with Crippen molar-refractivity contribution in [3.63, 3.8) is 0 Å². The van der Waals surface area contributed by atoms with Gasteiger partial charge in [-0.15, -0.1) is 0 Å². The van der Waals surface area contributed by atoms with Crippen LogP contribution in [0.5, 0.6) is 11.5 Å². The summed E-state index contributed by atoms with van der Waals surface area (Å²) in [6, 6.07) is 47.5. The monoisotopic (exact) mass is 1060 g/mol. The maximum absolute atomic E-state index is 9.72. The number of aliphatic imine (C=N–C) groups is 1. The molecule has 9 aromatic rings. The summed E-state index contributed by atoms with van der Waals surface area (Å²) in [6.07, 6.45) is 0.841. The summed E-state index contributed by atoms with van der Waals surface area (Å²) in [6.45, 7) is 8.68. The van der Waals surface area contributed by atoms with Gasteiger partial charge in [-0.05, 0) is 113 Å². The molecule has 15 nitrogen and oxygen atoms in total. The van der Waals surface area contributed by atoms with E-state index in [1.807, 2.05) is 90.3 Å². The molecule has 0 N–H and O–H groups in total. The van der Waals surface area contributed by atoms with Gasteiger partial charge in [-0.2, -0.15) is 5.26 Å². The third kappa shape index (κ3) is 9.56. The van der Waals surface area contributed by atoms with Gasteiger partial charge in [0, 0.05) is 31.7 Å². The summed E-state index contributed by atoms with van der Waals surface area (Å²) in [5.74, 6) is 9.16. The summed E-state index contributed by atoms with van der Waals surface area (Å²) in [5.41, 5.74) is 1.76. The van der Waals surface area contributed by atoms with Crippen LogP contribution in [0.15, 0.2) is 145 Å². The number of nitrogens with zero attached hydrogens (tertiary/aromatic N) is 8. The number of rotatable bonds is 19. The number of methoxy groups -OCH3 is 2. The fraction of sp³-hybridized carbons (Fsp3) is 0.306. The Kier molecular flexibility index (Phi) is 14.8. The Hall–Kier alpha value is -7.56. The number of hydrogen-bond acceptors (Lipinski definition) is 13. The fourth-order valence-corrected chi connectivity index (χ4v) is 12.8. The van der Waals surface area contributed by atoms with Crippen molar-refractivity contribution in [1.29, 1.82) is 5.26 Å². The number of fused-ring (bicyclic) bond motifs is 3. The van der Waals surface area contributed by atoms with Crippen molar-refractivity contribution in [2.24, 2.45) is 4.99 Å². The second-order valence-corrected chi connectivity index (χ2v) is 21.7. The molecule has 11 rings (SSSR count). The lowest BCUT2D eigenvalue weighted by atomic mass is 9.79. The highest BCUT2D eigenvalue weighted by molar-refractivity contribution is 7.44. The third-order valence-electron chi connectivity index (χ3n) is 14.5. The lowest BCUT2D eigenvalue weighted by molar-refractivity contribution is -0.202. The molecule has 2 aliphatic heterocycles. The quantitative estimate of drug-likeness (QED) is 0.0144. The van der Waals surface area contributed by atoms with Crippen LogP contribution in [-0.4, -0.2) is 113 Å². The van der Waals surface area contributed by atoms with Crippen molar-refractivity contribution in [2.45, 2.75) is 75.8 Å². The maximum Gasteiger partial charge on any atom is 0.259 e. The van der Waals surface area contributed by atoms with E-state index in [-0.39, 0.29) is 38.3 Å². The zero-order valence-corrected chi connectivity index (χ0v) is 45.8. The summed E-state index contributed by atoms with van der Waals surface area (Å²) in [4.78, 5) is 21.3. The minimum absolute atomic E-state index is 0.00929. The lowest BCUT2D eigenvalue weighted by Crippen LogP contribution is -2.49. The first-order chi connectivity index (χ1) is 38.0. The predicted octanol–water partition coefficient (Wildman–Crippen LogP) is 11.7. The number of aromatic nitrogens is 4. The third-order valence-corrected chi connectivity index (χ3v) is 16.6. The molecule has 2 fully saturated rings. The van der Waals surface area contributed by atoms with Crippen LogP contribution in [0.1, 0.15) is 68.4 Å². The SMILES string of the molecule is COc1ccc(C(OC[C@@]23CO[C@@H]([C@H](n4c(C#Cc5ccc6ccc7cccc8ccc5c6c78)nc5c(/N=C/N(C)C)ncnc54)O2)[C@@H]3OP(OCCC#N)N(C(C)C)C(C)C)(c2ccccc2)c2ccc(OC)cc2)cc1. The van der Waals surface area contributed by atoms with E-state index in [2.05, 4.69) is 122 Å². The van der Waals surface area contributed by atoms with Crippen LogP contribution >= 0.6 is 8.53 Å². The second-order valence-electron chi connectivity index (χ2n) is 20.3. The Labute approximate surface area is 455 Å². The Balaban J connectivity index is 1.09. The first-order valence-corrected chi connectivity index (χ1v) is 27.2. The van der Waals surface area contributed by atoms with Gasteiger partial charge in [0.1, 0.15) is 41.2 Å². The Morgan fingerprint density at radius 3 is 2.08 bits per heavy atom. The van der Waals surface area contributed by atoms with E-state index in [0.717, 1.165) is 38.4 Å². The average molecular weight is 1060 g/mol. The lowest BCUT2D eigenvalue weighted by Gasteiger charge is -2.41. The largest absolute Gasteiger partial charge is 0.497 e. The molecule has 0 aliphatic carbocycles. The summed E-state index contributed by atoms with van der Waals surface area (Å²) < 4.78 is 51.8. The molecular formula is C62H61N8O7P. The molecule has 2 saturated heterocycles. The molecule has 2 aliphatic rings. The molecule has 0 amide bonds. The number of imidazole rings is 1. The zero-order chi connectivity index (χ0) is 54.1. The summed E-state index contributed by atoms with van der Waals surface area (Å²) in [7, 11) is 5.27. The molecule has 2 aromatic heterocycles. The van der Waals surface area contributed by atoms with Crippen LogP contribution in [0.4, 0.5) is 5.82 Å². The Morgan fingerprint density at radius 2 is 1.44 bits per heavy atom. The van der Waals surface area contributed by atoms with E-state index in [4.69, 9.17) is 47.7 Å². The zero-order valence-electron chi connectivity index (χ0n) is 45.0. The Morgan fingerprint density at radius 1 is 0.795 bits per heavy atom. The molecule has 0 saturated carbocycles. The van der Waals surface area contributed by atoms with Gasteiger partial charge in [0.15, 0.2) is 29.0 Å². The van der Waals surface area contributed by atoms with Gasteiger partial charge in [-0.25, -0.2) is 24.6 Å². The topological polar surface area (TPSA) is 151 Å². The second kappa shape index (κ2) is 22.1. The van der Waals surface area contributed by atoms with Crippen molar-refractivity contribution < 1.29 is 32.7 Å². The minimum atomic E-state index is -1.82. The van der Waals surface area contributed by atoms with Gasteiger partial charge in [-0.3, -0.25) is 4.57 Å². The van der Waals surface area contributed by atoms with Gasteiger partial charge >= 0.3 is 0 Å². The number of hydrogen-bond donors (Lipinski definition) is 0. The van der Waals surface area contributed by atoms with E-state index < -0.39 is 38.2 Å². The van der Waals surface area contributed by atoms with E-state index in [9.17, 15) is 5.26 Å². The molecular weight excluding hydrogens is 1000 g/mol. The predicted molar refractivity (Wildman–Crippen MR) is 304 cm³/mol. The number of benzene rings is 7. The summed E-state index contributed by atoms with van der Waals surface area (Å²) in [5, 5.41) is 16.6.